The van der Waals surface area contributed by atoms with Crippen LogP contribution in [0.25, 0.3) is 11.1 Å². The molecule has 140 valence electrons. The minimum atomic E-state index is -0.574. The second kappa shape index (κ2) is 7.32. The highest BCUT2D eigenvalue weighted by Gasteiger charge is 2.17. The molecule has 0 spiro atoms. The number of rotatable bonds is 6. The third kappa shape index (κ3) is 3.97. The van der Waals surface area contributed by atoms with Gasteiger partial charge in [0.25, 0.3) is 5.69 Å². The van der Waals surface area contributed by atoms with Crippen molar-refractivity contribution >= 4 is 34.1 Å². The first-order chi connectivity index (χ1) is 12.9. The standard InChI is InChI=1S/C18H18N4O5/c1-10(19-12-4-7-16-15(8-12)20-11(2)27-16)18(23)21-14-6-5-13(22(24)25)9-17(14)26-3/h4-10,19H,1-3H3,(H,21,23). The van der Waals surface area contributed by atoms with Gasteiger partial charge in [0.1, 0.15) is 17.3 Å². The number of non-ortho nitro benzene ring substituents is 1. The summed E-state index contributed by atoms with van der Waals surface area (Å²) in [6, 6.07) is 8.79. The molecule has 0 aliphatic carbocycles. The summed E-state index contributed by atoms with van der Waals surface area (Å²) in [6.45, 7) is 3.46. The summed E-state index contributed by atoms with van der Waals surface area (Å²) in [5, 5.41) is 16.6. The third-order valence-electron chi connectivity index (χ3n) is 3.92. The van der Waals surface area contributed by atoms with E-state index in [-0.39, 0.29) is 17.3 Å². The van der Waals surface area contributed by atoms with Crippen LogP contribution < -0.4 is 15.4 Å². The average Bonchev–Trinajstić information content (AvgIpc) is 3.01. The molecule has 0 aliphatic rings. The molecule has 2 N–H and O–H groups in total. The van der Waals surface area contributed by atoms with Crippen molar-refractivity contribution in [2.75, 3.05) is 17.7 Å². The van der Waals surface area contributed by atoms with Gasteiger partial charge >= 0.3 is 0 Å². The SMILES string of the molecule is COc1cc([N+](=O)[O-])ccc1NC(=O)C(C)Nc1ccc2oc(C)nc2c1. The predicted molar refractivity (Wildman–Crippen MR) is 100 cm³/mol. The molecule has 1 heterocycles. The summed E-state index contributed by atoms with van der Waals surface area (Å²) < 4.78 is 10.6. The average molecular weight is 370 g/mol. The van der Waals surface area contributed by atoms with Gasteiger partial charge in [0, 0.05) is 18.7 Å². The molecule has 0 radical (unpaired) electrons. The lowest BCUT2D eigenvalue weighted by Crippen LogP contribution is -2.32. The lowest BCUT2D eigenvalue weighted by Gasteiger charge is -2.16. The molecule has 3 aromatic rings. The molecule has 9 nitrogen and oxygen atoms in total. The normalized spacial score (nSPS) is 11.8. The predicted octanol–water partition coefficient (Wildman–Crippen LogP) is 3.49. The number of aromatic nitrogens is 1. The lowest BCUT2D eigenvalue weighted by atomic mass is 10.2. The third-order valence-corrected chi connectivity index (χ3v) is 3.92. The van der Waals surface area contributed by atoms with Crippen LogP contribution >= 0.6 is 0 Å². The summed E-state index contributed by atoms with van der Waals surface area (Å²) in [6.07, 6.45) is 0. The number of nitrogens with one attached hydrogen (secondary N) is 2. The van der Waals surface area contributed by atoms with E-state index in [0.717, 1.165) is 0 Å². The largest absolute Gasteiger partial charge is 0.494 e. The number of hydrogen-bond donors (Lipinski definition) is 2. The van der Waals surface area contributed by atoms with E-state index in [9.17, 15) is 14.9 Å². The number of ether oxygens (including phenoxy) is 1. The van der Waals surface area contributed by atoms with Crippen molar-refractivity contribution in [2.45, 2.75) is 19.9 Å². The molecule has 3 rings (SSSR count). The van der Waals surface area contributed by atoms with Crippen LogP contribution in [-0.2, 0) is 4.79 Å². The monoisotopic (exact) mass is 370 g/mol. The molecule has 1 atom stereocenters. The van der Waals surface area contributed by atoms with E-state index >= 15 is 0 Å². The zero-order valence-corrected chi connectivity index (χ0v) is 15.0. The first-order valence-corrected chi connectivity index (χ1v) is 8.14. The van der Waals surface area contributed by atoms with Crippen LogP contribution in [0.15, 0.2) is 40.8 Å². The highest BCUT2D eigenvalue weighted by atomic mass is 16.6. The lowest BCUT2D eigenvalue weighted by molar-refractivity contribution is -0.384. The Labute approximate surface area is 154 Å². The Morgan fingerprint density at radius 1 is 1.30 bits per heavy atom. The molecule has 1 unspecified atom stereocenters. The number of carbonyl (C=O) groups is 1. The van der Waals surface area contributed by atoms with Gasteiger partial charge < -0.3 is 19.8 Å². The molecule has 1 aromatic heterocycles. The molecule has 0 saturated heterocycles. The second-order valence-corrected chi connectivity index (χ2v) is 5.91. The van der Waals surface area contributed by atoms with Crippen LogP contribution in [0.2, 0.25) is 0 Å². The molecular formula is C18H18N4O5. The number of anilines is 2. The van der Waals surface area contributed by atoms with Crippen LogP contribution in [0.4, 0.5) is 17.1 Å². The quantitative estimate of drug-likeness (QED) is 0.503. The van der Waals surface area contributed by atoms with Gasteiger partial charge in [-0.25, -0.2) is 4.98 Å². The number of aryl methyl sites for hydroxylation is 1. The molecular weight excluding hydrogens is 352 g/mol. The smallest absolute Gasteiger partial charge is 0.273 e. The fraction of sp³-hybridized carbons (Fsp3) is 0.222. The highest BCUT2D eigenvalue weighted by molar-refractivity contribution is 5.97. The van der Waals surface area contributed by atoms with Crippen LogP contribution in [0.5, 0.6) is 5.75 Å². The maximum Gasteiger partial charge on any atom is 0.273 e. The number of nitro groups is 1. The fourth-order valence-corrected chi connectivity index (χ4v) is 2.59. The van der Waals surface area contributed by atoms with E-state index < -0.39 is 11.0 Å². The number of hydrogen-bond acceptors (Lipinski definition) is 7. The summed E-state index contributed by atoms with van der Waals surface area (Å²) >= 11 is 0. The summed E-state index contributed by atoms with van der Waals surface area (Å²) in [5.74, 6) is 0.459. The Bertz CT molecular complexity index is 1010. The van der Waals surface area contributed by atoms with Gasteiger partial charge in [0.2, 0.25) is 5.91 Å². The minimum absolute atomic E-state index is 0.118. The van der Waals surface area contributed by atoms with Crippen molar-refractivity contribution in [1.29, 1.82) is 0 Å². The molecule has 0 saturated carbocycles. The van der Waals surface area contributed by atoms with Crippen molar-refractivity contribution in [3.8, 4) is 5.75 Å². The van der Waals surface area contributed by atoms with Crippen LogP contribution in [0.3, 0.4) is 0 Å². The molecule has 0 aliphatic heterocycles. The van der Waals surface area contributed by atoms with E-state index in [4.69, 9.17) is 9.15 Å². The second-order valence-electron chi connectivity index (χ2n) is 5.91. The Morgan fingerprint density at radius 3 is 2.78 bits per heavy atom. The van der Waals surface area contributed by atoms with Gasteiger partial charge in [-0.15, -0.1) is 0 Å². The van der Waals surface area contributed by atoms with Crippen molar-refractivity contribution < 1.29 is 18.9 Å². The number of fused-ring (bicyclic) bond motifs is 1. The van der Waals surface area contributed by atoms with Crippen molar-refractivity contribution in [3.05, 3.63) is 52.4 Å². The summed E-state index contributed by atoms with van der Waals surface area (Å²) in [4.78, 5) is 27.1. The van der Waals surface area contributed by atoms with Gasteiger partial charge in [-0.2, -0.15) is 0 Å². The van der Waals surface area contributed by atoms with E-state index in [0.29, 0.717) is 28.4 Å². The fourth-order valence-electron chi connectivity index (χ4n) is 2.59. The minimum Gasteiger partial charge on any atom is -0.494 e. The van der Waals surface area contributed by atoms with E-state index in [1.165, 1.54) is 25.3 Å². The highest BCUT2D eigenvalue weighted by Crippen LogP contribution is 2.29. The number of amides is 1. The van der Waals surface area contributed by atoms with Crippen molar-refractivity contribution in [2.24, 2.45) is 0 Å². The van der Waals surface area contributed by atoms with Gasteiger partial charge in [-0.1, -0.05) is 0 Å². The zero-order valence-electron chi connectivity index (χ0n) is 15.0. The number of nitrogens with zero attached hydrogens (tertiary/aromatic N) is 2. The first-order valence-electron chi connectivity index (χ1n) is 8.14. The van der Waals surface area contributed by atoms with Crippen molar-refractivity contribution in [1.82, 2.24) is 4.98 Å². The van der Waals surface area contributed by atoms with Gasteiger partial charge in [-0.3, -0.25) is 14.9 Å². The number of nitro benzene ring substituents is 1. The number of carbonyl (C=O) groups excluding carboxylic acids is 1. The first kappa shape index (κ1) is 18.2. The van der Waals surface area contributed by atoms with Crippen molar-refractivity contribution in [3.63, 3.8) is 0 Å². The molecule has 27 heavy (non-hydrogen) atoms. The van der Waals surface area contributed by atoms with E-state index in [2.05, 4.69) is 15.6 Å². The maximum absolute atomic E-state index is 12.5. The van der Waals surface area contributed by atoms with Crippen LogP contribution in [0.1, 0.15) is 12.8 Å². The number of oxazole rings is 1. The van der Waals surface area contributed by atoms with Crippen LogP contribution in [-0.4, -0.2) is 29.0 Å². The molecule has 1 amide bonds. The molecule has 0 bridgehead atoms. The van der Waals surface area contributed by atoms with Gasteiger partial charge in [-0.05, 0) is 31.2 Å². The Kier molecular flexibility index (Phi) is 4.93. The maximum atomic E-state index is 12.5. The topological polar surface area (TPSA) is 120 Å². The van der Waals surface area contributed by atoms with E-state index in [1.807, 2.05) is 0 Å². The summed E-state index contributed by atoms with van der Waals surface area (Å²) in [7, 11) is 1.38. The molecule has 9 heteroatoms. The van der Waals surface area contributed by atoms with Crippen LogP contribution in [0, 0.1) is 17.0 Å². The Morgan fingerprint density at radius 2 is 2.07 bits per heavy atom. The number of methoxy groups -OCH3 is 1. The summed E-state index contributed by atoms with van der Waals surface area (Å²) in [5.41, 5.74) is 2.32. The van der Waals surface area contributed by atoms with E-state index in [1.54, 1.807) is 32.0 Å². The Hall–Kier alpha value is -3.62. The zero-order chi connectivity index (χ0) is 19.6. The molecule has 2 aromatic carbocycles. The Balaban J connectivity index is 1.72. The number of benzene rings is 2. The van der Waals surface area contributed by atoms with Gasteiger partial charge in [0.05, 0.1) is 23.8 Å². The molecule has 0 fully saturated rings. The van der Waals surface area contributed by atoms with Gasteiger partial charge in [0.15, 0.2) is 11.5 Å².